The highest BCUT2D eigenvalue weighted by Crippen LogP contribution is 2.23. The van der Waals surface area contributed by atoms with Crippen LogP contribution in [0.4, 0.5) is 5.69 Å². The molecule has 1 atom stereocenters. The number of nitrogens with two attached hydrogens (primary N) is 1. The molecule has 0 radical (unpaired) electrons. The minimum absolute atomic E-state index is 0.0706. The average Bonchev–Trinajstić information content (AvgIpc) is 2.16. The maximum Gasteiger partial charge on any atom is 0.0470 e. The summed E-state index contributed by atoms with van der Waals surface area (Å²) in [5.41, 5.74) is 6.80. The van der Waals surface area contributed by atoms with Crippen molar-refractivity contribution >= 4 is 17.3 Å². The van der Waals surface area contributed by atoms with Gasteiger partial charge in [-0.15, -0.1) is 0 Å². The van der Waals surface area contributed by atoms with Gasteiger partial charge in [-0.05, 0) is 37.5 Å². The normalized spacial score (nSPS) is 14.9. The fourth-order valence-corrected chi connectivity index (χ4v) is 2.19. The summed E-state index contributed by atoms with van der Waals surface area (Å²) >= 11 is 5.95. The van der Waals surface area contributed by atoms with Crippen molar-refractivity contribution in [1.82, 2.24) is 0 Å². The van der Waals surface area contributed by atoms with Crippen LogP contribution in [-0.4, -0.2) is 12.1 Å². The Hall–Kier alpha value is -0.730. The number of hydrogen-bond acceptors (Lipinski definition) is 2. The fourth-order valence-electron chi connectivity index (χ4n) is 2.00. The quantitative estimate of drug-likeness (QED) is 0.827. The second-order valence-corrected chi connectivity index (χ2v) is 5.43. The lowest BCUT2D eigenvalue weighted by Crippen LogP contribution is -2.43. The van der Waals surface area contributed by atoms with Crippen LogP contribution in [0.1, 0.15) is 27.2 Å². The zero-order chi connectivity index (χ0) is 12.2. The van der Waals surface area contributed by atoms with Gasteiger partial charge in [-0.1, -0.05) is 31.5 Å². The smallest absolute Gasteiger partial charge is 0.0470 e. The minimum Gasteiger partial charge on any atom is -0.379 e. The predicted molar refractivity (Wildman–Crippen MR) is 72.0 cm³/mol. The van der Waals surface area contributed by atoms with Crippen LogP contribution in [0.15, 0.2) is 24.3 Å². The van der Waals surface area contributed by atoms with Gasteiger partial charge < -0.3 is 11.1 Å². The number of benzene rings is 1. The average molecular weight is 241 g/mol. The van der Waals surface area contributed by atoms with Crippen molar-refractivity contribution in [3.63, 3.8) is 0 Å². The number of nitrogens with one attached hydrogen (secondary N) is 1. The Bertz CT molecular complexity index is 338. The second kappa shape index (κ2) is 5.55. The Morgan fingerprint density at radius 3 is 2.62 bits per heavy atom. The number of hydrogen-bond donors (Lipinski definition) is 2. The second-order valence-electron chi connectivity index (χ2n) is 5.00. The molecule has 3 N–H and O–H groups in total. The summed E-state index contributed by atoms with van der Waals surface area (Å²) < 4.78 is 0. The molecule has 0 fully saturated rings. The van der Waals surface area contributed by atoms with E-state index in [0.717, 1.165) is 17.1 Å². The number of rotatable bonds is 5. The Morgan fingerprint density at radius 2 is 2.12 bits per heavy atom. The Morgan fingerprint density at radius 1 is 1.44 bits per heavy atom. The molecule has 1 aromatic carbocycles. The van der Waals surface area contributed by atoms with Gasteiger partial charge >= 0.3 is 0 Å². The van der Waals surface area contributed by atoms with E-state index in [1.54, 1.807) is 0 Å². The maximum atomic E-state index is 5.95. The van der Waals surface area contributed by atoms with E-state index in [9.17, 15) is 0 Å². The highest BCUT2D eigenvalue weighted by Gasteiger charge is 2.23. The van der Waals surface area contributed by atoms with E-state index in [4.69, 9.17) is 17.3 Å². The van der Waals surface area contributed by atoms with E-state index in [2.05, 4.69) is 26.1 Å². The standard InChI is InChI=1S/C13H21ClN2/c1-10(2)8-13(3,9-15)16-12-6-4-5-11(14)7-12/h4-7,10,16H,8-9,15H2,1-3H3. The first-order valence-electron chi connectivity index (χ1n) is 5.69. The molecule has 2 nitrogen and oxygen atoms in total. The summed E-state index contributed by atoms with van der Waals surface area (Å²) in [5.74, 6) is 0.611. The third kappa shape index (κ3) is 4.03. The van der Waals surface area contributed by atoms with E-state index in [1.807, 2.05) is 24.3 Å². The van der Waals surface area contributed by atoms with Gasteiger partial charge in [0.15, 0.2) is 0 Å². The molecule has 1 rings (SSSR count). The van der Waals surface area contributed by atoms with Crippen molar-refractivity contribution in [1.29, 1.82) is 0 Å². The van der Waals surface area contributed by atoms with Gasteiger partial charge in [0.2, 0.25) is 0 Å². The molecule has 0 aliphatic heterocycles. The highest BCUT2D eigenvalue weighted by atomic mass is 35.5. The van der Waals surface area contributed by atoms with Crippen molar-refractivity contribution < 1.29 is 0 Å². The molecular weight excluding hydrogens is 220 g/mol. The van der Waals surface area contributed by atoms with Gasteiger partial charge in [-0.25, -0.2) is 0 Å². The summed E-state index contributed by atoms with van der Waals surface area (Å²) in [7, 11) is 0. The zero-order valence-electron chi connectivity index (χ0n) is 10.3. The molecule has 0 heterocycles. The largest absolute Gasteiger partial charge is 0.379 e. The van der Waals surface area contributed by atoms with Gasteiger partial charge in [0.1, 0.15) is 0 Å². The van der Waals surface area contributed by atoms with Crippen molar-refractivity contribution in [2.24, 2.45) is 11.7 Å². The number of halogens is 1. The van der Waals surface area contributed by atoms with Crippen molar-refractivity contribution in [2.75, 3.05) is 11.9 Å². The molecule has 0 aromatic heterocycles. The van der Waals surface area contributed by atoms with Crippen LogP contribution in [0.3, 0.4) is 0 Å². The molecule has 0 bridgehead atoms. The maximum absolute atomic E-state index is 5.95. The van der Waals surface area contributed by atoms with E-state index in [-0.39, 0.29) is 5.54 Å². The topological polar surface area (TPSA) is 38.0 Å². The van der Waals surface area contributed by atoms with Crippen molar-refractivity contribution in [3.8, 4) is 0 Å². The van der Waals surface area contributed by atoms with E-state index >= 15 is 0 Å². The fraction of sp³-hybridized carbons (Fsp3) is 0.538. The third-order valence-corrected chi connectivity index (χ3v) is 2.82. The molecule has 0 spiro atoms. The van der Waals surface area contributed by atoms with Gasteiger partial charge in [0.05, 0.1) is 0 Å². The van der Waals surface area contributed by atoms with E-state index in [1.165, 1.54) is 0 Å². The molecule has 0 aliphatic carbocycles. The third-order valence-electron chi connectivity index (χ3n) is 2.58. The van der Waals surface area contributed by atoms with Gasteiger partial charge in [-0.3, -0.25) is 0 Å². The molecule has 90 valence electrons. The van der Waals surface area contributed by atoms with Crippen LogP contribution in [0.5, 0.6) is 0 Å². The Kier molecular flexibility index (Phi) is 4.63. The van der Waals surface area contributed by atoms with Crippen LogP contribution in [0, 0.1) is 5.92 Å². The van der Waals surface area contributed by atoms with Crippen molar-refractivity contribution in [2.45, 2.75) is 32.7 Å². The van der Waals surface area contributed by atoms with Crippen LogP contribution >= 0.6 is 11.6 Å². The van der Waals surface area contributed by atoms with Gasteiger partial charge in [0, 0.05) is 22.8 Å². The Labute approximate surface area is 103 Å². The summed E-state index contributed by atoms with van der Waals surface area (Å²) in [6, 6.07) is 7.75. The monoisotopic (exact) mass is 240 g/mol. The Balaban J connectivity index is 2.76. The van der Waals surface area contributed by atoms with Gasteiger partial charge in [0.25, 0.3) is 0 Å². The summed E-state index contributed by atoms with van der Waals surface area (Å²) in [6.07, 6.45) is 1.04. The van der Waals surface area contributed by atoms with Crippen LogP contribution in [-0.2, 0) is 0 Å². The van der Waals surface area contributed by atoms with E-state index < -0.39 is 0 Å². The van der Waals surface area contributed by atoms with Crippen LogP contribution < -0.4 is 11.1 Å². The SMILES string of the molecule is CC(C)CC(C)(CN)Nc1cccc(Cl)c1. The lowest BCUT2D eigenvalue weighted by molar-refractivity contribution is 0.407. The molecular formula is C13H21ClN2. The zero-order valence-corrected chi connectivity index (χ0v) is 11.0. The molecule has 16 heavy (non-hydrogen) atoms. The molecule has 0 amide bonds. The molecule has 1 aromatic rings. The highest BCUT2D eigenvalue weighted by molar-refractivity contribution is 6.30. The first-order valence-corrected chi connectivity index (χ1v) is 6.07. The predicted octanol–water partition coefficient (Wildman–Crippen LogP) is 3.52. The minimum atomic E-state index is -0.0706. The first-order chi connectivity index (χ1) is 7.45. The molecule has 0 aliphatic rings. The van der Waals surface area contributed by atoms with Crippen LogP contribution in [0.25, 0.3) is 0 Å². The van der Waals surface area contributed by atoms with E-state index in [0.29, 0.717) is 12.5 Å². The van der Waals surface area contributed by atoms with Crippen molar-refractivity contribution in [3.05, 3.63) is 29.3 Å². The number of anilines is 1. The molecule has 1 unspecified atom stereocenters. The molecule has 3 heteroatoms. The molecule has 0 saturated carbocycles. The molecule has 0 saturated heterocycles. The lowest BCUT2D eigenvalue weighted by Gasteiger charge is -2.32. The lowest BCUT2D eigenvalue weighted by atomic mass is 9.90. The summed E-state index contributed by atoms with van der Waals surface area (Å²) in [4.78, 5) is 0. The first kappa shape index (κ1) is 13.3. The van der Waals surface area contributed by atoms with Crippen LogP contribution in [0.2, 0.25) is 5.02 Å². The summed E-state index contributed by atoms with van der Waals surface area (Å²) in [5, 5.41) is 4.21. The van der Waals surface area contributed by atoms with Gasteiger partial charge in [-0.2, -0.15) is 0 Å². The summed E-state index contributed by atoms with van der Waals surface area (Å²) in [6.45, 7) is 7.16.